The van der Waals surface area contributed by atoms with Crippen LogP contribution in [0.15, 0.2) is 18.2 Å². The largest absolute Gasteiger partial charge is 0.492 e. The quantitative estimate of drug-likeness (QED) is 0.776. The molecule has 0 saturated carbocycles. The van der Waals surface area contributed by atoms with Gasteiger partial charge >= 0.3 is 0 Å². The Kier molecular flexibility index (Phi) is 4.62. The molecule has 1 atom stereocenters. The highest BCUT2D eigenvalue weighted by Gasteiger charge is 2.07. The van der Waals surface area contributed by atoms with Gasteiger partial charge in [-0.3, -0.25) is 0 Å². The van der Waals surface area contributed by atoms with Crippen LogP contribution in [0.1, 0.15) is 19.4 Å². The number of nitrogen functional groups attached to an aromatic ring is 1. The zero-order valence-electron chi connectivity index (χ0n) is 10.7. The molecule has 0 heterocycles. The first kappa shape index (κ1) is 12.8. The predicted octanol–water partition coefficient (Wildman–Crippen LogP) is 2.16. The van der Waals surface area contributed by atoms with Crippen molar-refractivity contribution in [3.8, 4) is 5.75 Å². The van der Waals surface area contributed by atoms with Crippen molar-refractivity contribution in [2.75, 3.05) is 26.4 Å². The van der Waals surface area contributed by atoms with Crippen LogP contribution in [0.4, 0.5) is 5.69 Å². The van der Waals surface area contributed by atoms with Gasteiger partial charge in [-0.25, -0.2) is 0 Å². The van der Waals surface area contributed by atoms with Gasteiger partial charge in [0.25, 0.3) is 0 Å². The fourth-order valence-corrected chi connectivity index (χ4v) is 1.54. The van der Waals surface area contributed by atoms with Gasteiger partial charge < -0.3 is 15.4 Å². The molecule has 0 saturated heterocycles. The van der Waals surface area contributed by atoms with Crippen LogP contribution in [0.2, 0.25) is 0 Å². The minimum Gasteiger partial charge on any atom is -0.492 e. The number of ether oxygens (including phenoxy) is 1. The van der Waals surface area contributed by atoms with Gasteiger partial charge in [0.2, 0.25) is 0 Å². The molecule has 0 radical (unpaired) electrons. The molecule has 0 amide bonds. The molecule has 16 heavy (non-hydrogen) atoms. The van der Waals surface area contributed by atoms with Crippen molar-refractivity contribution in [1.29, 1.82) is 0 Å². The van der Waals surface area contributed by atoms with Crippen LogP contribution in [0.5, 0.6) is 5.75 Å². The Balaban J connectivity index is 2.73. The average molecular weight is 222 g/mol. The summed E-state index contributed by atoms with van der Waals surface area (Å²) in [5.41, 5.74) is 7.90. The van der Waals surface area contributed by atoms with Crippen molar-refractivity contribution in [2.24, 2.45) is 0 Å². The van der Waals surface area contributed by atoms with E-state index in [0.717, 1.165) is 17.9 Å². The highest BCUT2D eigenvalue weighted by molar-refractivity contribution is 5.54. The minimum atomic E-state index is 0.511. The third-order valence-electron chi connectivity index (χ3n) is 2.79. The van der Waals surface area contributed by atoms with E-state index in [-0.39, 0.29) is 0 Å². The summed E-state index contributed by atoms with van der Waals surface area (Å²) >= 11 is 0. The number of rotatable bonds is 5. The lowest BCUT2D eigenvalue weighted by atomic mass is 10.1. The monoisotopic (exact) mass is 222 g/mol. The normalized spacial score (nSPS) is 12.8. The Morgan fingerprint density at radius 3 is 2.56 bits per heavy atom. The number of benzene rings is 1. The van der Waals surface area contributed by atoms with Gasteiger partial charge in [0.15, 0.2) is 0 Å². The van der Waals surface area contributed by atoms with Crippen LogP contribution < -0.4 is 10.5 Å². The van der Waals surface area contributed by atoms with E-state index >= 15 is 0 Å². The highest BCUT2D eigenvalue weighted by atomic mass is 16.5. The van der Waals surface area contributed by atoms with Crippen LogP contribution >= 0.6 is 0 Å². The van der Waals surface area contributed by atoms with E-state index in [9.17, 15) is 0 Å². The van der Waals surface area contributed by atoms with Crippen LogP contribution in [-0.4, -0.2) is 31.6 Å². The molecule has 3 nitrogen and oxygen atoms in total. The maximum atomic E-state index is 5.92. The zero-order valence-corrected chi connectivity index (χ0v) is 10.7. The summed E-state index contributed by atoms with van der Waals surface area (Å²) in [4.78, 5) is 2.20. The second kappa shape index (κ2) is 5.75. The molecule has 0 aliphatic rings. The summed E-state index contributed by atoms with van der Waals surface area (Å²) in [7, 11) is 4.17. The van der Waals surface area contributed by atoms with Gasteiger partial charge in [-0.2, -0.15) is 0 Å². The van der Waals surface area contributed by atoms with Crippen molar-refractivity contribution < 1.29 is 4.74 Å². The number of anilines is 1. The van der Waals surface area contributed by atoms with Gasteiger partial charge in [-0.15, -0.1) is 0 Å². The fraction of sp³-hybridized carbons (Fsp3) is 0.538. The molecule has 1 aromatic rings. The van der Waals surface area contributed by atoms with Crippen LogP contribution in [0.3, 0.4) is 0 Å². The molecule has 0 aliphatic heterocycles. The molecule has 1 rings (SSSR count). The molecule has 0 spiro atoms. The molecular formula is C13H22N2O. The first-order valence-electron chi connectivity index (χ1n) is 5.72. The molecule has 0 bridgehead atoms. The Labute approximate surface area is 98.2 Å². The van der Waals surface area contributed by atoms with Crippen molar-refractivity contribution in [2.45, 2.75) is 26.3 Å². The number of likely N-dealkylation sites (N-methyl/N-ethyl adjacent to an activating group) is 1. The van der Waals surface area contributed by atoms with Gasteiger partial charge in [0.05, 0.1) is 12.3 Å². The lowest BCUT2D eigenvalue weighted by Crippen LogP contribution is -2.26. The third-order valence-corrected chi connectivity index (χ3v) is 2.79. The standard InChI is InChI=1S/C13H22N2O/c1-5-16-13-7-6-11(9-12(13)14)8-10(2)15(3)4/h6-7,9-10H,5,8,14H2,1-4H3. The summed E-state index contributed by atoms with van der Waals surface area (Å²) < 4.78 is 5.41. The van der Waals surface area contributed by atoms with E-state index in [1.807, 2.05) is 19.1 Å². The van der Waals surface area contributed by atoms with E-state index in [1.54, 1.807) is 0 Å². The Hall–Kier alpha value is -1.22. The summed E-state index contributed by atoms with van der Waals surface area (Å²) in [5, 5.41) is 0. The molecule has 3 heteroatoms. The third kappa shape index (κ3) is 3.42. The first-order chi connectivity index (χ1) is 7.54. The molecule has 1 unspecified atom stereocenters. The highest BCUT2D eigenvalue weighted by Crippen LogP contribution is 2.23. The van der Waals surface area contributed by atoms with Crippen molar-refractivity contribution in [3.05, 3.63) is 23.8 Å². The second-order valence-corrected chi connectivity index (χ2v) is 4.32. The number of hydrogen-bond donors (Lipinski definition) is 1. The molecule has 0 fully saturated rings. The van der Waals surface area contributed by atoms with Gasteiger partial charge in [-0.05, 0) is 52.1 Å². The number of hydrogen-bond acceptors (Lipinski definition) is 3. The van der Waals surface area contributed by atoms with Crippen molar-refractivity contribution >= 4 is 5.69 Å². The van der Waals surface area contributed by atoms with E-state index in [1.165, 1.54) is 5.56 Å². The van der Waals surface area contributed by atoms with E-state index in [4.69, 9.17) is 10.5 Å². The molecule has 0 aliphatic carbocycles. The molecule has 0 aromatic heterocycles. The SMILES string of the molecule is CCOc1ccc(CC(C)N(C)C)cc1N. The zero-order chi connectivity index (χ0) is 12.1. The van der Waals surface area contributed by atoms with Crippen molar-refractivity contribution in [1.82, 2.24) is 4.90 Å². The summed E-state index contributed by atoms with van der Waals surface area (Å²) in [5.74, 6) is 0.781. The predicted molar refractivity (Wildman–Crippen MR) is 68.9 cm³/mol. The Bertz CT molecular complexity index is 337. The summed E-state index contributed by atoms with van der Waals surface area (Å²) in [6, 6.07) is 6.56. The molecular weight excluding hydrogens is 200 g/mol. The molecule has 2 N–H and O–H groups in total. The van der Waals surface area contributed by atoms with Crippen molar-refractivity contribution in [3.63, 3.8) is 0 Å². The smallest absolute Gasteiger partial charge is 0.142 e. The van der Waals surface area contributed by atoms with Crippen LogP contribution in [0, 0.1) is 0 Å². The van der Waals surface area contributed by atoms with Gasteiger partial charge in [0.1, 0.15) is 5.75 Å². The van der Waals surface area contributed by atoms with Crippen LogP contribution in [-0.2, 0) is 6.42 Å². The Morgan fingerprint density at radius 1 is 1.38 bits per heavy atom. The van der Waals surface area contributed by atoms with Gasteiger partial charge in [0, 0.05) is 6.04 Å². The first-order valence-corrected chi connectivity index (χ1v) is 5.72. The molecule has 1 aromatic carbocycles. The van der Waals surface area contributed by atoms with E-state index in [0.29, 0.717) is 12.6 Å². The lowest BCUT2D eigenvalue weighted by Gasteiger charge is -2.20. The topological polar surface area (TPSA) is 38.5 Å². The average Bonchev–Trinajstić information content (AvgIpc) is 2.22. The van der Waals surface area contributed by atoms with E-state index in [2.05, 4.69) is 32.0 Å². The fourth-order valence-electron chi connectivity index (χ4n) is 1.54. The maximum Gasteiger partial charge on any atom is 0.142 e. The number of nitrogens with zero attached hydrogens (tertiary/aromatic N) is 1. The lowest BCUT2D eigenvalue weighted by molar-refractivity contribution is 0.312. The number of nitrogens with two attached hydrogens (primary N) is 1. The molecule has 90 valence electrons. The minimum absolute atomic E-state index is 0.511. The summed E-state index contributed by atoms with van der Waals surface area (Å²) in [6.45, 7) is 4.81. The second-order valence-electron chi connectivity index (χ2n) is 4.32. The maximum absolute atomic E-state index is 5.92. The summed E-state index contributed by atoms with van der Waals surface area (Å²) in [6.07, 6.45) is 1.00. The van der Waals surface area contributed by atoms with Crippen LogP contribution in [0.25, 0.3) is 0 Å². The Morgan fingerprint density at radius 2 is 2.06 bits per heavy atom. The van der Waals surface area contributed by atoms with Gasteiger partial charge in [-0.1, -0.05) is 6.07 Å². The van der Waals surface area contributed by atoms with E-state index < -0.39 is 0 Å².